The maximum absolute atomic E-state index is 12.4. The van der Waals surface area contributed by atoms with E-state index in [1.54, 1.807) is 18.3 Å². The molecule has 3 rings (SSSR count). The standard InChI is InChI=1S/C17H13ClN2O/c1-11-7-8-12(10-15(11)18)20-17(21)14-4-2-6-16-13(14)5-3-9-19-16/h2-10H,1H3,(H,20,21). The summed E-state index contributed by atoms with van der Waals surface area (Å²) in [6.45, 7) is 1.92. The number of aryl methyl sites for hydroxylation is 1. The first-order valence-electron chi connectivity index (χ1n) is 6.56. The summed E-state index contributed by atoms with van der Waals surface area (Å²) in [6, 6.07) is 14.7. The van der Waals surface area contributed by atoms with Gasteiger partial charge in [0.2, 0.25) is 0 Å². The van der Waals surface area contributed by atoms with E-state index in [1.807, 2.05) is 43.3 Å². The third-order valence-electron chi connectivity index (χ3n) is 3.32. The third kappa shape index (κ3) is 2.73. The summed E-state index contributed by atoms with van der Waals surface area (Å²) in [7, 11) is 0. The van der Waals surface area contributed by atoms with E-state index >= 15 is 0 Å². The van der Waals surface area contributed by atoms with Crippen LogP contribution in [0, 0.1) is 6.92 Å². The molecule has 2 aromatic carbocycles. The van der Waals surface area contributed by atoms with Gasteiger partial charge in [0, 0.05) is 27.9 Å². The number of rotatable bonds is 2. The van der Waals surface area contributed by atoms with Gasteiger partial charge in [-0.3, -0.25) is 9.78 Å². The first-order valence-corrected chi connectivity index (χ1v) is 6.94. The molecule has 0 aliphatic carbocycles. The van der Waals surface area contributed by atoms with Gasteiger partial charge < -0.3 is 5.32 Å². The monoisotopic (exact) mass is 296 g/mol. The van der Waals surface area contributed by atoms with Gasteiger partial charge in [-0.1, -0.05) is 29.8 Å². The summed E-state index contributed by atoms with van der Waals surface area (Å²) in [6.07, 6.45) is 1.71. The topological polar surface area (TPSA) is 42.0 Å². The number of nitrogens with one attached hydrogen (secondary N) is 1. The Balaban J connectivity index is 1.95. The molecule has 1 N–H and O–H groups in total. The molecule has 0 saturated heterocycles. The van der Waals surface area contributed by atoms with Crippen molar-refractivity contribution in [3.05, 3.63) is 70.9 Å². The van der Waals surface area contributed by atoms with Crippen molar-refractivity contribution < 1.29 is 4.79 Å². The Bertz CT molecular complexity index is 825. The van der Waals surface area contributed by atoms with Crippen molar-refractivity contribution >= 4 is 34.1 Å². The van der Waals surface area contributed by atoms with E-state index in [-0.39, 0.29) is 5.91 Å². The van der Waals surface area contributed by atoms with Crippen molar-refractivity contribution in [2.75, 3.05) is 5.32 Å². The highest BCUT2D eigenvalue weighted by atomic mass is 35.5. The average molecular weight is 297 g/mol. The second-order valence-electron chi connectivity index (χ2n) is 4.79. The number of carbonyl (C=O) groups excluding carboxylic acids is 1. The first kappa shape index (κ1) is 13.6. The fraction of sp³-hybridized carbons (Fsp3) is 0.0588. The van der Waals surface area contributed by atoms with Crippen LogP contribution in [-0.2, 0) is 0 Å². The lowest BCUT2D eigenvalue weighted by Gasteiger charge is -2.09. The zero-order chi connectivity index (χ0) is 14.8. The minimum absolute atomic E-state index is 0.173. The van der Waals surface area contributed by atoms with Crippen LogP contribution in [0.1, 0.15) is 15.9 Å². The Hall–Kier alpha value is -2.39. The minimum atomic E-state index is -0.173. The summed E-state index contributed by atoms with van der Waals surface area (Å²) in [5, 5.41) is 4.33. The number of anilines is 1. The number of benzene rings is 2. The summed E-state index contributed by atoms with van der Waals surface area (Å²) < 4.78 is 0. The molecule has 1 amide bonds. The fourth-order valence-electron chi connectivity index (χ4n) is 2.17. The van der Waals surface area contributed by atoms with Gasteiger partial charge in [0.05, 0.1) is 5.52 Å². The van der Waals surface area contributed by atoms with Crippen LogP contribution >= 0.6 is 11.6 Å². The maximum Gasteiger partial charge on any atom is 0.256 e. The van der Waals surface area contributed by atoms with Crippen molar-refractivity contribution in [1.82, 2.24) is 4.98 Å². The molecule has 0 saturated carbocycles. The second kappa shape index (κ2) is 5.54. The van der Waals surface area contributed by atoms with Crippen molar-refractivity contribution in [1.29, 1.82) is 0 Å². The van der Waals surface area contributed by atoms with Crippen molar-refractivity contribution in [3.63, 3.8) is 0 Å². The SMILES string of the molecule is Cc1ccc(NC(=O)c2cccc3ncccc23)cc1Cl. The molecule has 104 valence electrons. The van der Waals surface area contributed by atoms with Crippen LogP contribution in [0.2, 0.25) is 5.02 Å². The predicted molar refractivity (Wildman–Crippen MR) is 85.9 cm³/mol. The summed E-state index contributed by atoms with van der Waals surface area (Å²) in [5.41, 5.74) is 3.05. The Kier molecular flexibility index (Phi) is 3.59. The lowest BCUT2D eigenvalue weighted by molar-refractivity contribution is 0.102. The van der Waals surface area contributed by atoms with Crippen LogP contribution in [0.15, 0.2) is 54.7 Å². The zero-order valence-electron chi connectivity index (χ0n) is 11.4. The third-order valence-corrected chi connectivity index (χ3v) is 3.73. The highest BCUT2D eigenvalue weighted by molar-refractivity contribution is 6.31. The Morgan fingerprint density at radius 3 is 2.81 bits per heavy atom. The highest BCUT2D eigenvalue weighted by Gasteiger charge is 2.10. The summed E-state index contributed by atoms with van der Waals surface area (Å²) in [4.78, 5) is 16.7. The van der Waals surface area contributed by atoms with Gasteiger partial charge in [-0.15, -0.1) is 0 Å². The molecule has 0 aliphatic heterocycles. The maximum atomic E-state index is 12.4. The van der Waals surface area contributed by atoms with E-state index < -0.39 is 0 Å². The van der Waals surface area contributed by atoms with E-state index in [9.17, 15) is 4.79 Å². The van der Waals surface area contributed by atoms with Crippen molar-refractivity contribution in [2.24, 2.45) is 0 Å². The van der Waals surface area contributed by atoms with Gasteiger partial charge in [-0.25, -0.2) is 0 Å². The van der Waals surface area contributed by atoms with E-state index in [2.05, 4.69) is 10.3 Å². The summed E-state index contributed by atoms with van der Waals surface area (Å²) in [5.74, 6) is -0.173. The quantitative estimate of drug-likeness (QED) is 0.759. The molecule has 0 spiro atoms. The molecule has 0 radical (unpaired) electrons. The van der Waals surface area contributed by atoms with E-state index in [1.165, 1.54) is 0 Å². The highest BCUT2D eigenvalue weighted by Crippen LogP contribution is 2.22. The molecule has 3 nitrogen and oxygen atoms in total. The van der Waals surface area contributed by atoms with E-state index in [0.717, 1.165) is 16.5 Å². The van der Waals surface area contributed by atoms with E-state index in [4.69, 9.17) is 11.6 Å². The number of amides is 1. The van der Waals surface area contributed by atoms with Crippen molar-refractivity contribution in [2.45, 2.75) is 6.92 Å². The molecule has 0 unspecified atom stereocenters. The van der Waals surface area contributed by atoms with Gasteiger partial charge in [-0.2, -0.15) is 0 Å². The van der Waals surface area contributed by atoms with Gasteiger partial charge in [0.1, 0.15) is 0 Å². The molecular formula is C17H13ClN2O. The molecule has 3 aromatic rings. The first-order chi connectivity index (χ1) is 10.1. The number of hydrogen-bond acceptors (Lipinski definition) is 2. The normalized spacial score (nSPS) is 10.6. The number of halogens is 1. The number of hydrogen-bond donors (Lipinski definition) is 1. The molecule has 0 atom stereocenters. The lowest BCUT2D eigenvalue weighted by atomic mass is 10.1. The molecule has 0 bridgehead atoms. The molecule has 21 heavy (non-hydrogen) atoms. The second-order valence-corrected chi connectivity index (χ2v) is 5.20. The molecule has 4 heteroatoms. The van der Waals surface area contributed by atoms with Crippen LogP contribution in [0.3, 0.4) is 0 Å². The number of carbonyl (C=O) groups is 1. The van der Waals surface area contributed by atoms with Crippen LogP contribution in [-0.4, -0.2) is 10.9 Å². The predicted octanol–water partition coefficient (Wildman–Crippen LogP) is 4.45. The fourth-order valence-corrected chi connectivity index (χ4v) is 2.35. The van der Waals surface area contributed by atoms with Gasteiger partial charge in [0.25, 0.3) is 5.91 Å². The number of fused-ring (bicyclic) bond motifs is 1. The number of pyridine rings is 1. The lowest BCUT2D eigenvalue weighted by Crippen LogP contribution is -2.12. The van der Waals surface area contributed by atoms with E-state index in [0.29, 0.717) is 16.3 Å². The van der Waals surface area contributed by atoms with Gasteiger partial charge in [-0.05, 0) is 42.8 Å². The van der Waals surface area contributed by atoms with Crippen LogP contribution < -0.4 is 5.32 Å². The Morgan fingerprint density at radius 1 is 1.14 bits per heavy atom. The average Bonchev–Trinajstić information content (AvgIpc) is 2.50. The van der Waals surface area contributed by atoms with Gasteiger partial charge in [0.15, 0.2) is 0 Å². The largest absolute Gasteiger partial charge is 0.322 e. The van der Waals surface area contributed by atoms with Crippen LogP contribution in [0.4, 0.5) is 5.69 Å². The molecular weight excluding hydrogens is 284 g/mol. The molecule has 0 fully saturated rings. The smallest absolute Gasteiger partial charge is 0.256 e. The summed E-state index contributed by atoms with van der Waals surface area (Å²) >= 11 is 6.08. The molecule has 0 aliphatic rings. The molecule has 1 aromatic heterocycles. The minimum Gasteiger partial charge on any atom is -0.322 e. The Labute approximate surface area is 127 Å². The molecule has 1 heterocycles. The van der Waals surface area contributed by atoms with Crippen LogP contribution in [0.25, 0.3) is 10.9 Å². The number of nitrogens with zero attached hydrogens (tertiary/aromatic N) is 1. The number of aromatic nitrogens is 1. The zero-order valence-corrected chi connectivity index (χ0v) is 12.2. The Morgan fingerprint density at radius 2 is 2.00 bits per heavy atom. The van der Waals surface area contributed by atoms with Crippen LogP contribution in [0.5, 0.6) is 0 Å². The van der Waals surface area contributed by atoms with Crippen molar-refractivity contribution in [3.8, 4) is 0 Å². The van der Waals surface area contributed by atoms with Gasteiger partial charge >= 0.3 is 0 Å².